The number of halogens is 2. The fourth-order valence-electron chi connectivity index (χ4n) is 2.60. The monoisotopic (exact) mass is 335 g/mol. The number of nitrogens with one attached hydrogen (secondary N) is 1. The molecule has 2 aromatic rings. The van der Waals surface area contributed by atoms with Gasteiger partial charge in [-0.15, -0.1) is 0 Å². The van der Waals surface area contributed by atoms with E-state index in [-0.39, 0.29) is 6.04 Å². The largest absolute Gasteiger partial charge is 0.493 e. The molecule has 2 aromatic carbocycles. The highest BCUT2D eigenvalue weighted by atomic mass is 19.2. The molecule has 0 aromatic heterocycles. The lowest BCUT2D eigenvalue weighted by molar-refractivity contribution is 0.165. The summed E-state index contributed by atoms with van der Waals surface area (Å²) >= 11 is 0. The molecule has 0 unspecified atom stereocenters. The summed E-state index contributed by atoms with van der Waals surface area (Å²) in [4.78, 5) is 0. The third kappa shape index (κ3) is 3.43. The molecule has 1 aliphatic rings. The van der Waals surface area contributed by atoms with Crippen molar-refractivity contribution in [2.24, 2.45) is 0 Å². The Kier molecular flexibility index (Phi) is 4.85. The topological polar surface area (TPSA) is 39.7 Å². The van der Waals surface area contributed by atoms with Crippen LogP contribution in [0.2, 0.25) is 0 Å². The van der Waals surface area contributed by atoms with Crippen LogP contribution in [0.25, 0.3) is 0 Å². The molecule has 0 amide bonds. The maximum Gasteiger partial charge on any atom is 0.203 e. The van der Waals surface area contributed by atoms with Crippen molar-refractivity contribution in [3.8, 4) is 17.2 Å². The van der Waals surface area contributed by atoms with Gasteiger partial charge in [0, 0.05) is 12.6 Å². The van der Waals surface area contributed by atoms with E-state index >= 15 is 0 Å². The zero-order valence-electron chi connectivity index (χ0n) is 13.6. The average molecular weight is 335 g/mol. The molecule has 0 fully saturated rings. The molecule has 6 heteroatoms. The van der Waals surface area contributed by atoms with Crippen LogP contribution >= 0.6 is 0 Å². The van der Waals surface area contributed by atoms with E-state index in [9.17, 15) is 8.78 Å². The molecule has 0 saturated carbocycles. The molecule has 1 heterocycles. The molecule has 0 spiro atoms. The third-order valence-corrected chi connectivity index (χ3v) is 3.94. The van der Waals surface area contributed by atoms with Crippen molar-refractivity contribution in [3.63, 3.8) is 0 Å². The van der Waals surface area contributed by atoms with Crippen molar-refractivity contribution >= 4 is 0 Å². The van der Waals surface area contributed by atoms with Gasteiger partial charge >= 0.3 is 0 Å². The van der Waals surface area contributed by atoms with E-state index in [1.807, 2.05) is 19.1 Å². The molecule has 1 atom stereocenters. The second kappa shape index (κ2) is 7.05. The quantitative estimate of drug-likeness (QED) is 0.906. The number of hydrogen-bond donors (Lipinski definition) is 1. The second-order valence-electron chi connectivity index (χ2n) is 5.60. The summed E-state index contributed by atoms with van der Waals surface area (Å²) in [7, 11) is 1.58. The van der Waals surface area contributed by atoms with Gasteiger partial charge in [-0.3, -0.25) is 0 Å². The summed E-state index contributed by atoms with van der Waals surface area (Å²) in [6.07, 6.45) is 0. The molecule has 0 bridgehead atoms. The molecule has 0 radical (unpaired) electrons. The first-order chi connectivity index (χ1) is 11.6. The van der Waals surface area contributed by atoms with E-state index in [0.29, 0.717) is 42.6 Å². The zero-order chi connectivity index (χ0) is 17.1. The summed E-state index contributed by atoms with van der Waals surface area (Å²) in [6.45, 7) is 3.40. The molecule has 1 aliphatic heterocycles. The van der Waals surface area contributed by atoms with E-state index < -0.39 is 11.6 Å². The van der Waals surface area contributed by atoms with E-state index in [1.54, 1.807) is 13.2 Å². The van der Waals surface area contributed by atoms with Crippen LogP contribution in [0.3, 0.4) is 0 Å². The summed E-state index contributed by atoms with van der Waals surface area (Å²) < 4.78 is 42.9. The molecule has 3 rings (SSSR count). The van der Waals surface area contributed by atoms with Gasteiger partial charge in [0.1, 0.15) is 13.2 Å². The highest BCUT2D eigenvalue weighted by molar-refractivity contribution is 5.54. The first-order valence-corrected chi connectivity index (χ1v) is 7.73. The van der Waals surface area contributed by atoms with Gasteiger partial charge in [-0.1, -0.05) is 6.07 Å². The Bertz CT molecular complexity index is 719. The predicted molar refractivity (Wildman–Crippen MR) is 85.6 cm³/mol. The lowest BCUT2D eigenvalue weighted by atomic mass is 10.1. The van der Waals surface area contributed by atoms with Crippen molar-refractivity contribution in [3.05, 3.63) is 53.1 Å². The SMILES string of the molecule is COc1cc(CN[C@@H](C)c2ccc(F)c(F)c2)cc2c1OCCO2. The lowest BCUT2D eigenvalue weighted by Crippen LogP contribution is -2.20. The Morgan fingerprint density at radius 1 is 1.12 bits per heavy atom. The maximum atomic E-state index is 13.3. The van der Waals surface area contributed by atoms with E-state index in [0.717, 1.165) is 11.6 Å². The van der Waals surface area contributed by atoms with Gasteiger partial charge in [0.05, 0.1) is 7.11 Å². The standard InChI is InChI=1S/C18H19F2NO3/c1-11(13-3-4-14(19)15(20)9-13)21-10-12-7-16(22-2)18-17(8-12)23-5-6-24-18/h3-4,7-9,11,21H,5-6,10H2,1-2H3/t11-/m0/s1. The number of methoxy groups -OCH3 is 1. The Hall–Kier alpha value is -2.34. The first-order valence-electron chi connectivity index (χ1n) is 7.73. The Labute approximate surface area is 139 Å². The highest BCUT2D eigenvalue weighted by Gasteiger charge is 2.18. The van der Waals surface area contributed by atoms with Gasteiger partial charge in [-0.25, -0.2) is 8.78 Å². The number of ether oxygens (including phenoxy) is 3. The van der Waals surface area contributed by atoms with Crippen LogP contribution in [0.5, 0.6) is 17.2 Å². The van der Waals surface area contributed by atoms with Crippen LogP contribution in [-0.4, -0.2) is 20.3 Å². The van der Waals surface area contributed by atoms with Crippen molar-refractivity contribution in [1.29, 1.82) is 0 Å². The van der Waals surface area contributed by atoms with Gasteiger partial charge in [0.25, 0.3) is 0 Å². The second-order valence-corrected chi connectivity index (χ2v) is 5.60. The summed E-state index contributed by atoms with van der Waals surface area (Å²) in [5.41, 5.74) is 1.63. The molecule has 1 N–H and O–H groups in total. The molecule has 0 aliphatic carbocycles. The van der Waals surface area contributed by atoms with Crippen LogP contribution in [0.15, 0.2) is 30.3 Å². The number of rotatable bonds is 5. The molecular formula is C18H19F2NO3. The van der Waals surface area contributed by atoms with Crippen LogP contribution in [0.4, 0.5) is 8.78 Å². The maximum absolute atomic E-state index is 13.3. The van der Waals surface area contributed by atoms with Crippen molar-refractivity contribution in [2.75, 3.05) is 20.3 Å². The lowest BCUT2D eigenvalue weighted by Gasteiger charge is -2.22. The third-order valence-electron chi connectivity index (χ3n) is 3.94. The predicted octanol–water partition coefficient (Wildman–Crippen LogP) is 3.60. The minimum Gasteiger partial charge on any atom is -0.493 e. The van der Waals surface area contributed by atoms with E-state index in [2.05, 4.69) is 5.32 Å². The van der Waals surface area contributed by atoms with Crippen LogP contribution in [0, 0.1) is 11.6 Å². The van der Waals surface area contributed by atoms with E-state index in [1.165, 1.54) is 6.07 Å². The fourth-order valence-corrected chi connectivity index (χ4v) is 2.60. The molecule has 0 saturated heterocycles. The van der Waals surface area contributed by atoms with Gasteiger partial charge in [-0.05, 0) is 42.3 Å². The zero-order valence-corrected chi connectivity index (χ0v) is 13.6. The van der Waals surface area contributed by atoms with Gasteiger partial charge in [0.15, 0.2) is 23.1 Å². The Morgan fingerprint density at radius 3 is 2.67 bits per heavy atom. The van der Waals surface area contributed by atoms with Crippen LogP contribution in [0.1, 0.15) is 24.1 Å². The summed E-state index contributed by atoms with van der Waals surface area (Å²) in [5, 5.41) is 3.28. The number of fused-ring (bicyclic) bond motifs is 1. The summed E-state index contributed by atoms with van der Waals surface area (Å²) in [6, 6.07) is 7.54. The molecule has 4 nitrogen and oxygen atoms in total. The number of benzene rings is 2. The van der Waals surface area contributed by atoms with Crippen LogP contribution < -0.4 is 19.5 Å². The normalized spacial score (nSPS) is 14.3. The average Bonchev–Trinajstić information content (AvgIpc) is 2.61. The van der Waals surface area contributed by atoms with Gasteiger partial charge in [-0.2, -0.15) is 0 Å². The van der Waals surface area contributed by atoms with Gasteiger partial charge < -0.3 is 19.5 Å². The smallest absolute Gasteiger partial charge is 0.203 e. The minimum atomic E-state index is -0.845. The first kappa shape index (κ1) is 16.5. The van der Waals surface area contributed by atoms with Crippen LogP contribution in [-0.2, 0) is 6.54 Å². The Morgan fingerprint density at radius 2 is 1.92 bits per heavy atom. The van der Waals surface area contributed by atoms with E-state index in [4.69, 9.17) is 14.2 Å². The number of hydrogen-bond acceptors (Lipinski definition) is 4. The summed E-state index contributed by atoms with van der Waals surface area (Å²) in [5.74, 6) is 0.188. The highest BCUT2D eigenvalue weighted by Crippen LogP contribution is 2.40. The van der Waals surface area contributed by atoms with Crippen molar-refractivity contribution in [2.45, 2.75) is 19.5 Å². The van der Waals surface area contributed by atoms with Crippen molar-refractivity contribution < 1.29 is 23.0 Å². The minimum absolute atomic E-state index is 0.140. The van der Waals surface area contributed by atoms with Gasteiger partial charge in [0.2, 0.25) is 5.75 Å². The molecule has 128 valence electrons. The fraction of sp³-hybridized carbons (Fsp3) is 0.333. The molecular weight excluding hydrogens is 316 g/mol. The molecule has 24 heavy (non-hydrogen) atoms. The van der Waals surface area contributed by atoms with Crippen molar-refractivity contribution in [1.82, 2.24) is 5.32 Å². The Balaban J connectivity index is 1.73.